The average molecular weight is 198 g/mol. The Morgan fingerprint density at radius 3 is 2.31 bits per heavy atom. The van der Waals surface area contributed by atoms with E-state index in [0.29, 0.717) is 0 Å². The Kier molecular flexibility index (Phi) is 4.32. The average Bonchev–Trinajstić information content (AvgIpc) is 2.41. The van der Waals surface area contributed by atoms with Crippen LogP contribution < -0.4 is 0 Å². The molecule has 0 aromatic carbocycles. The highest BCUT2D eigenvalue weighted by Crippen LogP contribution is 2.37. The molecular weight excluding hydrogens is 182 g/mol. The van der Waals surface area contributed by atoms with Gasteiger partial charge in [0.15, 0.2) is 0 Å². The van der Waals surface area contributed by atoms with Gasteiger partial charge in [0.1, 0.15) is 0 Å². The van der Waals surface area contributed by atoms with Gasteiger partial charge in [0.2, 0.25) is 0 Å². The zero-order chi connectivity index (χ0) is 9.57. The lowest BCUT2D eigenvalue weighted by atomic mass is 9.79. The first-order valence-corrected chi connectivity index (χ1v) is 5.43. The second-order valence-corrected chi connectivity index (χ2v) is 4.12. The van der Waals surface area contributed by atoms with Gasteiger partial charge < -0.3 is 0 Å². The van der Waals surface area contributed by atoms with Gasteiger partial charge in [-0.25, -0.2) is 0 Å². The summed E-state index contributed by atoms with van der Waals surface area (Å²) in [5, 5.41) is 9.17. The van der Waals surface area contributed by atoms with Gasteiger partial charge >= 0.3 is 0 Å². The van der Waals surface area contributed by atoms with E-state index < -0.39 is 0 Å². The number of halogens is 1. The minimum absolute atomic E-state index is 0.109. The number of rotatable bonds is 2. The summed E-state index contributed by atoms with van der Waals surface area (Å²) in [5.74, 6) is 0. The highest BCUT2D eigenvalue weighted by atomic mass is 35.5. The molecule has 0 N–H and O–H groups in total. The van der Waals surface area contributed by atoms with E-state index in [0.717, 1.165) is 19.3 Å². The van der Waals surface area contributed by atoms with Crippen molar-refractivity contribution in [3.8, 4) is 6.07 Å². The summed E-state index contributed by atoms with van der Waals surface area (Å²) in [6.45, 7) is 0. The Bertz CT molecular complexity index is 207. The van der Waals surface area contributed by atoms with Crippen LogP contribution in [0.4, 0.5) is 0 Å². The third kappa shape index (κ3) is 3.04. The molecule has 0 saturated heterocycles. The third-order valence-corrected chi connectivity index (χ3v) is 3.07. The maximum Gasteiger partial charge on any atom is 0.0693 e. The first-order valence-electron chi connectivity index (χ1n) is 4.99. The smallest absolute Gasteiger partial charge is 0.0693 e. The van der Waals surface area contributed by atoms with E-state index in [1.165, 1.54) is 31.2 Å². The number of hydrogen-bond donors (Lipinski definition) is 0. The first kappa shape index (κ1) is 10.6. The summed E-state index contributed by atoms with van der Waals surface area (Å²) in [5.41, 5.74) is 1.42. The van der Waals surface area contributed by atoms with E-state index in [-0.39, 0.29) is 5.41 Å². The summed E-state index contributed by atoms with van der Waals surface area (Å²) in [4.78, 5) is 0. The second kappa shape index (κ2) is 5.29. The molecule has 0 unspecified atom stereocenters. The van der Waals surface area contributed by atoms with Crippen LogP contribution in [0.2, 0.25) is 0 Å². The lowest BCUT2D eigenvalue weighted by Gasteiger charge is -2.22. The molecule has 0 bridgehead atoms. The monoisotopic (exact) mass is 197 g/mol. The van der Waals surface area contributed by atoms with Gasteiger partial charge in [-0.15, -0.1) is 0 Å². The van der Waals surface area contributed by atoms with Crippen LogP contribution in [0.3, 0.4) is 0 Å². The largest absolute Gasteiger partial charge is 0.198 e. The van der Waals surface area contributed by atoms with Gasteiger partial charge in [-0.1, -0.05) is 43.4 Å². The van der Waals surface area contributed by atoms with Crippen LogP contribution in [0.15, 0.2) is 11.6 Å². The quantitative estimate of drug-likeness (QED) is 0.614. The van der Waals surface area contributed by atoms with E-state index >= 15 is 0 Å². The van der Waals surface area contributed by atoms with Crippen molar-refractivity contribution < 1.29 is 0 Å². The minimum atomic E-state index is -0.109. The molecule has 0 amide bonds. The Hall–Kier alpha value is -0.480. The molecule has 1 rings (SSSR count). The van der Waals surface area contributed by atoms with Crippen LogP contribution in [-0.4, -0.2) is 0 Å². The fourth-order valence-corrected chi connectivity index (χ4v) is 2.13. The van der Waals surface area contributed by atoms with Crippen molar-refractivity contribution >= 4 is 11.6 Å². The molecule has 0 heterocycles. The van der Waals surface area contributed by atoms with Crippen LogP contribution in [0.5, 0.6) is 0 Å². The molecule has 2 heteroatoms. The molecular formula is C11H16ClN. The summed E-state index contributed by atoms with van der Waals surface area (Å²) < 4.78 is 0. The zero-order valence-corrected chi connectivity index (χ0v) is 8.69. The number of nitriles is 1. The normalized spacial score (nSPS) is 22.5. The van der Waals surface area contributed by atoms with Gasteiger partial charge in [-0.05, 0) is 19.3 Å². The molecule has 0 aromatic rings. The molecule has 72 valence electrons. The second-order valence-electron chi connectivity index (χ2n) is 3.87. The Balaban J connectivity index is 2.60. The van der Waals surface area contributed by atoms with Gasteiger partial charge in [-0.3, -0.25) is 0 Å². The van der Waals surface area contributed by atoms with Crippen LogP contribution in [-0.2, 0) is 0 Å². The van der Waals surface area contributed by atoms with E-state index in [9.17, 15) is 0 Å². The van der Waals surface area contributed by atoms with Crippen molar-refractivity contribution in [3.05, 3.63) is 11.6 Å². The SMILES string of the molecule is N#CC1(C/C=C/Cl)CCCCCC1. The van der Waals surface area contributed by atoms with E-state index in [1.54, 1.807) is 0 Å². The minimum Gasteiger partial charge on any atom is -0.198 e. The summed E-state index contributed by atoms with van der Waals surface area (Å²) in [7, 11) is 0. The van der Waals surface area contributed by atoms with Crippen molar-refractivity contribution in [1.29, 1.82) is 5.26 Å². The molecule has 0 aromatic heterocycles. The fraction of sp³-hybridized carbons (Fsp3) is 0.727. The first-order chi connectivity index (χ1) is 6.33. The van der Waals surface area contributed by atoms with E-state index in [1.807, 2.05) is 6.08 Å². The lowest BCUT2D eigenvalue weighted by Crippen LogP contribution is -2.16. The molecule has 0 aliphatic heterocycles. The van der Waals surface area contributed by atoms with E-state index in [2.05, 4.69) is 6.07 Å². The lowest BCUT2D eigenvalue weighted by molar-refractivity contribution is 0.346. The highest BCUT2D eigenvalue weighted by Gasteiger charge is 2.29. The van der Waals surface area contributed by atoms with Crippen molar-refractivity contribution in [3.63, 3.8) is 0 Å². The van der Waals surface area contributed by atoms with Crippen LogP contribution in [0.25, 0.3) is 0 Å². The topological polar surface area (TPSA) is 23.8 Å². The van der Waals surface area contributed by atoms with Gasteiger partial charge in [0.05, 0.1) is 11.5 Å². The maximum atomic E-state index is 9.17. The number of nitrogens with zero attached hydrogens (tertiary/aromatic N) is 1. The molecule has 1 fully saturated rings. The summed E-state index contributed by atoms with van der Waals surface area (Å²) in [6, 6.07) is 2.48. The highest BCUT2D eigenvalue weighted by molar-refractivity contribution is 6.25. The molecule has 0 spiro atoms. The van der Waals surface area contributed by atoms with Crippen LogP contribution in [0, 0.1) is 16.7 Å². The predicted molar refractivity (Wildman–Crippen MR) is 55.4 cm³/mol. The molecule has 1 aliphatic rings. The van der Waals surface area contributed by atoms with Gasteiger partial charge in [0, 0.05) is 5.54 Å². The molecule has 1 aliphatic carbocycles. The van der Waals surface area contributed by atoms with Crippen molar-refractivity contribution in [2.75, 3.05) is 0 Å². The molecule has 1 saturated carbocycles. The van der Waals surface area contributed by atoms with Crippen molar-refractivity contribution in [2.45, 2.75) is 44.9 Å². The van der Waals surface area contributed by atoms with Gasteiger partial charge in [-0.2, -0.15) is 5.26 Å². The van der Waals surface area contributed by atoms with E-state index in [4.69, 9.17) is 16.9 Å². The standard InChI is InChI=1S/C11H16ClN/c12-9-5-8-11(10-13)6-3-1-2-4-7-11/h5,9H,1-4,6-8H2/b9-5+. The zero-order valence-electron chi connectivity index (χ0n) is 7.93. The third-order valence-electron chi connectivity index (χ3n) is 2.90. The molecule has 1 nitrogen and oxygen atoms in total. The number of hydrogen-bond acceptors (Lipinski definition) is 1. The Morgan fingerprint density at radius 2 is 1.85 bits per heavy atom. The Morgan fingerprint density at radius 1 is 1.23 bits per heavy atom. The number of allylic oxidation sites excluding steroid dienone is 1. The maximum absolute atomic E-state index is 9.17. The predicted octanol–water partition coefficient (Wildman–Crippen LogP) is 3.99. The molecule has 0 atom stereocenters. The summed E-state index contributed by atoms with van der Waals surface area (Å²) in [6.07, 6.45) is 9.80. The molecule has 13 heavy (non-hydrogen) atoms. The van der Waals surface area contributed by atoms with Crippen molar-refractivity contribution in [1.82, 2.24) is 0 Å². The Labute approximate surface area is 85.4 Å². The fourth-order valence-electron chi connectivity index (χ4n) is 2.04. The van der Waals surface area contributed by atoms with Crippen LogP contribution in [0.1, 0.15) is 44.9 Å². The van der Waals surface area contributed by atoms with Crippen LogP contribution >= 0.6 is 11.6 Å². The molecule has 0 radical (unpaired) electrons. The van der Waals surface area contributed by atoms with Gasteiger partial charge in [0.25, 0.3) is 0 Å². The van der Waals surface area contributed by atoms with Crippen molar-refractivity contribution in [2.24, 2.45) is 5.41 Å². The summed E-state index contributed by atoms with van der Waals surface area (Å²) >= 11 is 5.49.